The van der Waals surface area contributed by atoms with Gasteiger partial charge in [-0.25, -0.2) is 0 Å². The van der Waals surface area contributed by atoms with Gasteiger partial charge in [0.15, 0.2) is 0 Å². The predicted octanol–water partition coefficient (Wildman–Crippen LogP) is 4.78. The van der Waals surface area contributed by atoms with Crippen LogP contribution in [-0.2, 0) is 12.8 Å². The molecule has 0 aliphatic rings. The summed E-state index contributed by atoms with van der Waals surface area (Å²) in [4.78, 5) is 12.2. The van der Waals surface area contributed by atoms with E-state index in [-0.39, 0.29) is 5.91 Å². The quantitative estimate of drug-likeness (QED) is 0.863. The van der Waals surface area contributed by atoms with Crippen LogP contribution >= 0.6 is 22.9 Å². The third kappa shape index (κ3) is 2.99. The average Bonchev–Trinajstić information content (AvgIpc) is 2.93. The third-order valence-corrected chi connectivity index (χ3v) is 4.14. The van der Waals surface area contributed by atoms with E-state index in [1.54, 1.807) is 0 Å². The van der Waals surface area contributed by atoms with E-state index in [0.29, 0.717) is 10.6 Å². The number of nitrogens with one attached hydrogen (secondary N) is 1. The van der Waals surface area contributed by atoms with Crippen molar-refractivity contribution in [3.63, 3.8) is 0 Å². The number of hydrogen-bond donors (Lipinski definition) is 1. The highest BCUT2D eigenvalue weighted by Crippen LogP contribution is 2.30. The zero-order valence-corrected chi connectivity index (χ0v) is 12.6. The fourth-order valence-electron chi connectivity index (χ4n) is 2.05. The molecule has 0 aliphatic heterocycles. The number of halogens is 1. The molecule has 0 bridgehead atoms. The number of thiophene rings is 1. The topological polar surface area (TPSA) is 29.1 Å². The van der Waals surface area contributed by atoms with E-state index in [0.717, 1.165) is 29.7 Å². The Hall–Kier alpha value is -1.32. The standard InChI is InChI=1S/C15H16ClNOS/c1-3-10-5-6-13(16)12(4-2)14(10)17-15(18)11-7-8-19-9-11/h5-9H,3-4H2,1-2H3,(H,17,18). The predicted molar refractivity (Wildman–Crippen MR) is 82.5 cm³/mol. The largest absolute Gasteiger partial charge is 0.321 e. The molecule has 4 heteroatoms. The lowest BCUT2D eigenvalue weighted by Crippen LogP contribution is -2.14. The van der Waals surface area contributed by atoms with Gasteiger partial charge in [-0.15, -0.1) is 0 Å². The lowest BCUT2D eigenvalue weighted by molar-refractivity contribution is 0.102. The number of amides is 1. The lowest BCUT2D eigenvalue weighted by atomic mass is 10.0. The van der Waals surface area contributed by atoms with E-state index in [4.69, 9.17) is 11.6 Å². The van der Waals surface area contributed by atoms with Crippen molar-refractivity contribution >= 4 is 34.5 Å². The van der Waals surface area contributed by atoms with E-state index in [2.05, 4.69) is 12.2 Å². The van der Waals surface area contributed by atoms with Crippen LogP contribution in [0.15, 0.2) is 29.0 Å². The van der Waals surface area contributed by atoms with Gasteiger partial charge >= 0.3 is 0 Å². The number of carbonyl (C=O) groups excluding carboxylic acids is 1. The monoisotopic (exact) mass is 293 g/mol. The Bertz CT molecular complexity index is 578. The molecule has 0 saturated heterocycles. The summed E-state index contributed by atoms with van der Waals surface area (Å²) in [5.74, 6) is -0.0760. The molecule has 0 saturated carbocycles. The summed E-state index contributed by atoms with van der Waals surface area (Å²) in [5, 5.41) is 7.46. The maximum absolute atomic E-state index is 12.2. The Morgan fingerprint density at radius 1 is 1.26 bits per heavy atom. The van der Waals surface area contributed by atoms with Crippen molar-refractivity contribution in [2.45, 2.75) is 26.7 Å². The van der Waals surface area contributed by atoms with Crippen LogP contribution < -0.4 is 5.32 Å². The van der Waals surface area contributed by atoms with Gasteiger partial charge < -0.3 is 5.32 Å². The number of aryl methyl sites for hydroxylation is 1. The number of hydrogen-bond acceptors (Lipinski definition) is 2. The van der Waals surface area contributed by atoms with Crippen LogP contribution in [0.4, 0.5) is 5.69 Å². The molecule has 100 valence electrons. The molecule has 0 atom stereocenters. The number of carbonyl (C=O) groups is 1. The molecule has 0 fully saturated rings. The summed E-state index contributed by atoms with van der Waals surface area (Å²) in [5.41, 5.74) is 3.68. The van der Waals surface area contributed by atoms with Crippen LogP contribution in [0.3, 0.4) is 0 Å². The van der Waals surface area contributed by atoms with Crippen molar-refractivity contribution in [1.82, 2.24) is 0 Å². The summed E-state index contributed by atoms with van der Waals surface area (Å²) >= 11 is 7.73. The molecule has 1 aromatic heterocycles. The first-order valence-corrected chi connectivity index (χ1v) is 7.63. The molecule has 1 aromatic carbocycles. The van der Waals surface area contributed by atoms with E-state index >= 15 is 0 Å². The molecular weight excluding hydrogens is 278 g/mol. The Morgan fingerprint density at radius 2 is 2.05 bits per heavy atom. The summed E-state index contributed by atoms with van der Waals surface area (Å²) in [6.45, 7) is 4.11. The number of benzene rings is 1. The molecular formula is C15H16ClNOS. The van der Waals surface area contributed by atoms with Crippen LogP contribution in [0.2, 0.25) is 5.02 Å². The van der Waals surface area contributed by atoms with E-state index in [1.165, 1.54) is 11.3 Å². The minimum Gasteiger partial charge on any atom is -0.321 e. The first-order chi connectivity index (χ1) is 9.17. The minimum absolute atomic E-state index is 0.0760. The summed E-state index contributed by atoms with van der Waals surface area (Å²) in [7, 11) is 0. The maximum atomic E-state index is 12.2. The fourth-order valence-corrected chi connectivity index (χ4v) is 2.97. The average molecular weight is 294 g/mol. The van der Waals surface area contributed by atoms with Crippen LogP contribution in [0.25, 0.3) is 0 Å². The van der Waals surface area contributed by atoms with Crippen molar-refractivity contribution < 1.29 is 4.79 Å². The molecule has 0 radical (unpaired) electrons. The molecule has 2 aromatic rings. The Labute approximate surface area is 122 Å². The Balaban J connectivity index is 2.38. The van der Waals surface area contributed by atoms with Crippen LogP contribution in [0.5, 0.6) is 0 Å². The van der Waals surface area contributed by atoms with E-state index in [1.807, 2.05) is 35.9 Å². The normalized spacial score (nSPS) is 10.5. The van der Waals surface area contributed by atoms with Gasteiger partial charge in [-0.2, -0.15) is 11.3 Å². The van der Waals surface area contributed by atoms with Gasteiger partial charge in [0.2, 0.25) is 0 Å². The molecule has 0 unspecified atom stereocenters. The van der Waals surface area contributed by atoms with Gasteiger partial charge in [-0.05, 0) is 41.5 Å². The second-order valence-electron chi connectivity index (χ2n) is 4.23. The molecule has 1 heterocycles. The highest BCUT2D eigenvalue weighted by atomic mass is 35.5. The van der Waals surface area contributed by atoms with E-state index in [9.17, 15) is 4.79 Å². The molecule has 1 N–H and O–H groups in total. The van der Waals surface area contributed by atoms with E-state index < -0.39 is 0 Å². The molecule has 19 heavy (non-hydrogen) atoms. The molecule has 2 nitrogen and oxygen atoms in total. The highest BCUT2D eigenvalue weighted by Gasteiger charge is 2.14. The first-order valence-electron chi connectivity index (χ1n) is 6.31. The lowest BCUT2D eigenvalue weighted by Gasteiger charge is -2.15. The SMILES string of the molecule is CCc1ccc(Cl)c(CC)c1NC(=O)c1ccsc1. The van der Waals surface area contributed by atoms with Crippen molar-refractivity contribution in [3.05, 3.63) is 50.7 Å². The second-order valence-corrected chi connectivity index (χ2v) is 5.42. The van der Waals surface area contributed by atoms with Gasteiger partial charge in [-0.3, -0.25) is 4.79 Å². The summed E-state index contributed by atoms with van der Waals surface area (Å²) in [6.07, 6.45) is 1.66. The Morgan fingerprint density at radius 3 is 2.63 bits per heavy atom. The van der Waals surface area contributed by atoms with Gasteiger partial charge in [0.05, 0.1) is 5.56 Å². The van der Waals surface area contributed by atoms with Gasteiger partial charge in [0.25, 0.3) is 5.91 Å². The van der Waals surface area contributed by atoms with Gasteiger partial charge in [0.1, 0.15) is 0 Å². The molecule has 0 aliphatic carbocycles. The number of anilines is 1. The smallest absolute Gasteiger partial charge is 0.256 e. The van der Waals surface area contributed by atoms with Crippen LogP contribution in [0.1, 0.15) is 35.3 Å². The van der Waals surface area contributed by atoms with Gasteiger partial charge in [0, 0.05) is 16.1 Å². The van der Waals surface area contributed by atoms with Crippen LogP contribution in [0, 0.1) is 0 Å². The second kappa shape index (κ2) is 6.22. The number of rotatable bonds is 4. The van der Waals surface area contributed by atoms with Crippen molar-refractivity contribution in [2.75, 3.05) is 5.32 Å². The molecule has 1 amide bonds. The summed E-state index contributed by atoms with van der Waals surface area (Å²) in [6, 6.07) is 5.70. The van der Waals surface area contributed by atoms with Crippen LogP contribution in [-0.4, -0.2) is 5.91 Å². The zero-order chi connectivity index (χ0) is 13.8. The highest BCUT2D eigenvalue weighted by molar-refractivity contribution is 7.08. The summed E-state index contributed by atoms with van der Waals surface area (Å²) < 4.78 is 0. The Kier molecular flexibility index (Phi) is 4.61. The first kappa shape index (κ1) is 14.1. The minimum atomic E-state index is -0.0760. The maximum Gasteiger partial charge on any atom is 0.256 e. The third-order valence-electron chi connectivity index (χ3n) is 3.10. The molecule has 2 rings (SSSR count). The van der Waals surface area contributed by atoms with Gasteiger partial charge in [-0.1, -0.05) is 31.5 Å². The molecule has 0 spiro atoms. The fraction of sp³-hybridized carbons (Fsp3) is 0.267. The zero-order valence-electron chi connectivity index (χ0n) is 11.0. The van der Waals surface area contributed by atoms with Crippen molar-refractivity contribution in [2.24, 2.45) is 0 Å². The van der Waals surface area contributed by atoms with Crippen molar-refractivity contribution in [1.29, 1.82) is 0 Å². The van der Waals surface area contributed by atoms with Crippen molar-refractivity contribution in [3.8, 4) is 0 Å².